The van der Waals surface area contributed by atoms with Crippen LogP contribution >= 0.6 is 12.2 Å². The Morgan fingerprint density at radius 3 is 2.64 bits per heavy atom. The van der Waals surface area contributed by atoms with Crippen molar-refractivity contribution in [3.05, 3.63) is 69.0 Å². The van der Waals surface area contributed by atoms with E-state index in [0.717, 1.165) is 11.3 Å². The van der Waals surface area contributed by atoms with Crippen LogP contribution in [0.4, 0.5) is 4.39 Å². The molecule has 0 aliphatic carbocycles. The molecule has 0 radical (unpaired) electrons. The number of fused-ring (bicyclic) bond motifs is 1. The molecule has 0 saturated carbocycles. The Labute approximate surface area is 130 Å². The summed E-state index contributed by atoms with van der Waals surface area (Å²) in [5.41, 5.74) is 1.12. The van der Waals surface area contributed by atoms with Crippen LogP contribution in [0.1, 0.15) is 5.56 Å². The molecule has 22 heavy (non-hydrogen) atoms. The van der Waals surface area contributed by atoms with Crippen molar-refractivity contribution in [2.45, 2.75) is 6.54 Å². The Hall–Kier alpha value is -2.47. The molecule has 0 saturated heterocycles. The molecule has 4 nitrogen and oxygen atoms in total. The number of nitrogens with zero attached hydrogens (tertiary/aromatic N) is 1. The second-order valence-electron chi connectivity index (χ2n) is 4.86. The summed E-state index contributed by atoms with van der Waals surface area (Å²) in [6.45, 7) is 0.310. The molecule has 3 rings (SSSR count). The van der Waals surface area contributed by atoms with E-state index in [1.54, 1.807) is 7.11 Å². The molecule has 2 aromatic carbocycles. The van der Waals surface area contributed by atoms with Crippen molar-refractivity contribution in [3.8, 4) is 5.75 Å². The zero-order valence-corrected chi connectivity index (χ0v) is 12.6. The highest BCUT2D eigenvalue weighted by Gasteiger charge is 2.07. The number of aromatic amines is 1. The first-order valence-electron chi connectivity index (χ1n) is 6.64. The zero-order chi connectivity index (χ0) is 15.7. The van der Waals surface area contributed by atoms with Crippen LogP contribution in [0.25, 0.3) is 10.9 Å². The van der Waals surface area contributed by atoms with E-state index in [1.165, 1.54) is 22.8 Å². The fourth-order valence-electron chi connectivity index (χ4n) is 2.28. The predicted molar refractivity (Wildman–Crippen MR) is 85.4 cm³/mol. The summed E-state index contributed by atoms with van der Waals surface area (Å²) in [7, 11) is 1.59. The third-order valence-electron chi connectivity index (χ3n) is 3.44. The Morgan fingerprint density at radius 1 is 1.23 bits per heavy atom. The summed E-state index contributed by atoms with van der Waals surface area (Å²) < 4.78 is 20.2. The minimum absolute atomic E-state index is 0.280. The van der Waals surface area contributed by atoms with E-state index in [9.17, 15) is 9.18 Å². The number of hydrogen-bond donors (Lipinski definition) is 1. The topological polar surface area (TPSA) is 47.0 Å². The quantitative estimate of drug-likeness (QED) is 0.755. The second-order valence-corrected chi connectivity index (χ2v) is 5.25. The van der Waals surface area contributed by atoms with Gasteiger partial charge in [-0.25, -0.2) is 4.39 Å². The SMILES string of the molecule is COc1ccc(Cn2c(=S)[nH]c3ccc(F)cc3c2=O)cc1. The van der Waals surface area contributed by atoms with Gasteiger partial charge in [0, 0.05) is 0 Å². The van der Waals surface area contributed by atoms with Gasteiger partial charge in [0.05, 0.1) is 24.6 Å². The molecule has 1 heterocycles. The molecule has 0 unspecified atom stereocenters. The molecule has 112 valence electrons. The Balaban J connectivity index is 2.09. The van der Waals surface area contributed by atoms with Crippen molar-refractivity contribution in [1.29, 1.82) is 0 Å². The van der Waals surface area contributed by atoms with Gasteiger partial charge in [0.2, 0.25) is 0 Å². The fraction of sp³-hybridized carbons (Fsp3) is 0.125. The maximum atomic E-state index is 13.4. The van der Waals surface area contributed by atoms with Gasteiger partial charge in [0.15, 0.2) is 4.77 Å². The van der Waals surface area contributed by atoms with Crippen LogP contribution in [0.15, 0.2) is 47.3 Å². The van der Waals surface area contributed by atoms with Gasteiger partial charge in [-0.05, 0) is 48.1 Å². The Morgan fingerprint density at radius 2 is 1.95 bits per heavy atom. The van der Waals surface area contributed by atoms with E-state index in [1.807, 2.05) is 24.3 Å². The number of H-pyrrole nitrogens is 1. The van der Waals surface area contributed by atoms with E-state index in [-0.39, 0.29) is 10.9 Å². The van der Waals surface area contributed by atoms with Crippen LogP contribution in [0.5, 0.6) is 5.75 Å². The maximum absolute atomic E-state index is 13.4. The van der Waals surface area contributed by atoms with Crippen molar-refractivity contribution in [3.63, 3.8) is 0 Å². The molecular formula is C16H13FN2O2S. The van der Waals surface area contributed by atoms with Crippen LogP contribution in [0, 0.1) is 10.6 Å². The first-order valence-corrected chi connectivity index (χ1v) is 7.04. The van der Waals surface area contributed by atoms with Crippen molar-refractivity contribution in [1.82, 2.24) is 9.55 Å². The molecule has 3 aromatic rings. The van der Waals surface area contributed by atoms with Crippen LogP contribution in [0.2, 0.25) is 0 Å². The molecule has 1 aromatic heterocycles. The molecular weight excluding hydrogens is 303 g/mol. The summed E-state index contributed by atoms with van der Waals surface area (Å²) in [5.74, 6) is 0.285. The van der Waals surface area contributed by atoms with Gasteiger partial charge in [0.1, 0.15) is 11.6 Å². The number of hydrogen-bond acceptors (Lipinski definition) is 3. The number of halogens is 1. The van der Waals surface area contributed by atoms with Crippen LogP contribution in [0.3, 0.4) is 0 Å². The summed E-state index contributed by atoms with van der Waals surface area (Å²) in [6, 6.07) is 11.4. The molecule has 0 bridgehead atoms. The van der Waals surface area contributed by atoms with Crippen molar-refractivity contribution in [2.24, 2.45) is 0 Å². The smallest absolute Gasteiger partial charge is 0.262 e. The zero-order valence-electron chi connectivity index (χ0n) is 11.8. The summed E-state index contributed by atoms with van der Waals surface area (Å²) in [5, 5.41) is 0.280. The summed E-state index contributed by atoms with van der Waals surface area (Å²) in [6.07, 6.45) is 0. The molecule has 0 atom stereocenters. The van der Waals surface area contributed by atoms with Gasteiger partial charge in [0.25, 0.3) is 5.56 Å². The normalized spacial score (nSPS) is 10.8. The molecule has 1 N–H and O–H groups in total. The average Bonchev–Trinajstić information content (AvgIpc) is 2.53. The van der Waals surface area contributed by atoms with Crippen LogP contribution in [-0.4, -0.2) is 16.7 Å². The third-order valence-corrected chi connectivity index (χ3v) is 3.77. The number of nitrogens with one attached hydrogen (secondary N) is 1. The maximum Gasteiger partial charge on any atom is 0.262 e. The van der Waals surface area contributed by atoms with Crippen molar-refractivity contribution < 1.29 is 9.13 Å². The van der Waals surface area contributed by atoms with E-state index in [2.05, 4.69) is 4.98 Å². The third kappa shape index (κ3) is 2.65. The van der Waals surface area contributed by atoms with Crippen molar-refractivity contribution in [2.75, 3.05) is 7.11 Å². The van der Waals surface area contributed by atoms with E-state index >= 15 is 0 Å². The Bertz CT molecular complexity index is 945. The standard InChI is InChI=1S/C16H13FN2O2S/c1-21-12-5-2-10(3-6-12)9-19-15(20)13-8-11(17)4-7-14(13)18-16(19)22/h2-8H,9H2,1H3,(H,18,22). The molecule has 6 heteroatoms. The van der Waals surface area contributed by atoms with Gasteiger partial charge >= 0.3 is 0 Å². The molecule has 0 spiro atoms. The van der Waals surface area contributed by atoms with Gasteiger partial charge < -0.3 is 9.72 Å². The number of methoxy groups -OCH3 is 1. The molecule has 0 fully saturated rings. The fourth-order valence-corrected chi connectivity index (χ4v) is 2.54. The number of rotatable bonds is 3. The van der Waals surface area contributed by atoms with Gasteiger partial charge in [-0.15, -0.1) is 0 Å². The number of aromatic nitrogens is 2. The first-order chi connectivity index (χ1) is 10.6. The second kappa shape index (κ2) is 5.73. The first kappa shape index (κ1) is 14.5. The molecule has 0 aliphatic rings. The minimum atomic E-state index is -0.453. The summed E-state index contributed by atoms with van der Waals surface area (Å²) in [4.78, 5) is 15.5. The van der Waals surface area contributed by atoms with E-state index in [4.69, 9.17) is 17.0 Å². The monoisotopic (exact) mass is 316 g/mol. The predicted octanol–water partition coefficient (Wildman–Crippen LogP) is 3.26. The van der Waals surface area contributed by atoms with Crippen molar-refractivity contribution >= 4 is 23.1 Å². The minimum Gasteiger partial charge on any atom is -0.497 e. The lowest BCUT2D eigenvalue weighted by molar-refractivity contribution is 0.414. The van der Waals surface area contributed by atoms with Gasteiger partial charge in [-0.1, -0.05) is 12.1 Å². The molecule has 0 aliphatic heterocycles. The summed E-state index contributed by atoms with van der Waals surface area (Å²) >= 11 is 5.24. The van der Waals surface area contributed by atoms with Gasteiger partial charge in [-0.3, -0.25) is 9.36 Å². The van der Waals surface area contributed by atoms with E-state index in [0.29, 0.717) is 16.8 Å². The molecule has 0 amide bonds. The highest BCUT2D eigenvalue weighted by atomic mass is 32.1. The van der Waals surface area contributed by atoms with Crippen LogP contribution < -0.4 is 10.3 Å². The Kier molecular flexibility index (Phi) is 3.77. The highest BCUT2D eigenvalue weighted by Crippen LogP contribution is 2.13. The lowest BCUT2D eigenvalue weighted by Gasteiger charge is -2.09. The van der Waals surface area contributed by atoms with Crippen LogP contribution in [-0.2, 0) is 6.54 Å². The largest absolute Gasteiger partial charge is 0.497 e. The average molecular weight is 316 g/mol. The number of ether oxygens (including phenoxy) is 1. The van der Waals surface area contributed by atoms with E-state index < -0.39 is 5.82 Å². The lowest BCUT2D eigenvalue weighted by atomic mass is 10.2. The highest BCUT2D eigenvalue weighted by molar-refractivity contribution is 7.71. The number of benzene rings is 2. The van der Waals surface area contributed by atoms with Gasteiger partial charge in [-0.2, -0.15) is 0 Å². The lowest BCUT2D eigenvalue weighted by Crippen LogP contribution is -2.22.